The van der Waals surface area contributed by atoms with Crippen molar-refractivity contribution < 1.29 is 19.6 Å². The van der Waals surface area contributed by atoms with Crippen molar-refractivity contribution in [2.45, 2.75) is 32.7 Å². The first-order chi connectivity index (χ1) is 10.8. The van der Waals surface area contributed by atoms with Crippen LogP contribution < -0.4 is 5.32 Å². The summed E-state index contributed by atoms with van der Waals surface area (Å²) in [5, 5.41) is 22.8. The molecule has 8 nitrogen and oxygen atoms in total. The van der Waals surface area contributed by atoms with E-state index in [0.717, 1.165) is 6.42 Å². The molecule has 1 fully saturated rings. The van der Waals surface area contributed by atoms with Crippen LogP contribution >= 0.6 is 0 Å². The van der Waals surface area contributed by atoms with Gasteiger partial charge in [0.15, 0.2) is 0 Å². The van der Waals surface area contributed by atoms with Gasteiger partial charge in [-0.15, -0.1) is 0 Å². The molecule has 124 valence electrons. The van der Waals surface area contributed by atoms with E-state index in [-0.39, 0.29) is 17.3 Å². The fourth-order valence-electron chi connectivity index (χ4n) is 2.70. The SMILES string of the molecule is Cc1ccc(NC(=O)N2CC[C@H](C)C[C@H]2C(=O)O)cc1[N+](=O)[O-]. The molecule has 0 aromatic heterocycles. The molecular formula is C15H19N3O5. The van der Waals surface area contributed by atoms with Gasteiger partial charge in [0.1, 0.15) is 6.04 Å². The first-order valence-corrected chi connectivity index (χ1v) is 7.35. The zero-order chi connectivity index (χ0) is 17.1. The molecule has 0 saturated carbocycles. The number of benzene rings is 1. The van der Waals surface area contributed by atoms with Crippen molar-refractivity contribution in [2.75, 3.05) is 11.9 Å². The highest BCUT2D eigenvalue weighted by atomic mass is 16.6. The van der Waals surface area contributed by atoms with Crippen molar-refractivity contribution in [3.05, 3.63) is 33.9 Å². The third kappa shape index (κ3) is 3.77. The molecule has 8 heteroatoms. The van der Waals surface area contributed by atoms with Gasteiger partial charge in [0, 0.05) is 23.9 Å². The molecule has 0 bridgehead atoms. The minimum atomic E-state index is -1.04. The zero-order valence-electron chi connectivity index (χ0n) is 13.0. The van der Waals surface area contributed by atoms with Gasteiger partial charge in [0.05, 0.1) is 4.92 Å². The van der Waals surface area contributed by atoms with Crippen molar-refractivity contribution in [1.82, 2.24) is 4.90 Å². The molecule has 0 spiro atoms. The average molecular weight is 321 g/mol. The van der Waals surface area contributed by atoms with E-state index in [1.807, 2.05) is 6.92 Å². The van der Waals surface area contributed by atoms with Crippen molar-refractivity contribution in [3.8, 4) is 0 Å². The molecule has 1 heterocycles. The third-order valence-corrected chi connectivity index (χ3v) is 4.07. The second kappa shape index (κ2) is 6.64. The molecule has 1 aromatic carbocycles. The van der Waals surface area contributed by atoms with Crippen molar-refractivity contribution in [2.24, 2.45) is 5.92 Å². The number of nitro benzene ring substituents is 1. The van der Waals surface area contributed by atoms with Crippen LogP contribution in [0.25, 0.3) is 0 Å². The van der Waals surface area contributed by atoms with Gasteiger partial charge in [-0.1, -0.05) is 13.0 Å². The minimum Gasteiger partial charge on any atom is -0.480 e. The molecular weight excluding hydrogens is 302 g/mol. The molecule has 23 heavy (non-hydrogen) atoms. The normalized spacial score (nSPS) is 20.9. The lowest BCUT2D eigenvalue weighted by Crippen LogP contribution is -2.51. The Morgan fingerprint density at radius 3 is 2.74 bits per heavy atom. The van der Waals surface area contributed by atoms with Gasteiger partial charge in [0.25, 0.3) is 5.69 Å². The number of piperidine rings is 1. The third-order valence-electron chi connectivity index (χ3n) is 4.07. The van der Waals surface area contributed by atoms with Crippen molar-refractivity contribution in [1.29, 1.82) is 0 Å². The first-order valence-electron chi connectivity index (χ1n) is 7.35. The predicted octanol–water partition coefficient (Wildman–Crippen LogP) is 2.62. The topological polar surface area (TPSA) is 113 Å². The number of anilines is 1. The Labute approximate surface area is 133 Å². The van der Waals surface area contributed by atoms with Crippen molar-refractivity contribution >= 4 is 23.4 Å². The fraction of sp³-hybridized carbons (Fsp3) is 0.467. The van der Waals surface area contributed by atoms with Crippen LogP contribution in [0.2, 0.25) is 0 Å². The highest BCUT2D eigenvalue weighted by molar-refractivity contribution is 5.92. The Kier molecular flexibility index (Phi) is 4.83. The van der Waals surface area contributed by atoms with E-state index < -0.39 is 23.0 Å². The Morgan fingerprint density at radius 1 is 1.43 bits per heavy atom. The van der Waals surface area contributed by atoms with E-state index in [1.165, 1.54) is 11.0 Å². The van der Waals surface area contributed by atoms with Gasteiger partial charge < -0.3 is 15.3 Å². The zero-order valence-corrected chi connectivity index (χ0v) is 13.0. The Morgan fingerprint density at radius 2 is 2.13 bits per heavy atom. The van der Waals surface area contributed by atoms with Crippen LogP contribution in [0.4, 0.5) is 16.2 Å². The molecule has 1 aliphatic rings. The average Bonchev–Trinajstić information content (AvgIpc) is 2.48. The van der Waals surface area contributed by atoms with Crippen LogP contribution in [-0.2, 0) is 4.79 Å². The number of carboxylic acid groups (broad SMARTS) is 1. The maximum absolute atomic E-state index is 12.3. The number of carbonyl (C=O) groups is 2. The number of urea groups is 1. The molecule has 0 unspecified atom stereocenters. The van der Waals surface area contributed by atoms with Gasteiger partial charge in [-0.2, -0.15) is 0 Å². The van der Waals surface area contributed by atoms with Crippen LogP contribution in [0.5, 0.6) is 0 Å². The Hall–Kier alpha value is -2.64. The number of aliphatic carboxylic acids is 1. The summed E-state index contributed by atoms with van der Waals surface area (Å²) in [6.07, 6.45) is 1.13. The highest BCUT2D eigenvalue weighted by Crippen LogP contribution is 2.25. The van der Waals surface area contributed by atoms with E-state index in [2.05, 4.69) is 5.32 Å². The number of amides is 2. The number of nitrogens with zero attached hydrogens (tertiary/aromatic N) is 2. The summed E-state index contributed by atoms with van der Waals surface area (Å²) in [5.74, 6) is -0.804. The molecule has 2 atom stereocenters. The maximum Gasteiger partial charge on any atom is 0.326 e. The van der Waals surface area contributed by atoms with Gasteiger partial charge in [-0.3, -0.25) is 10.1 Å². The van der Waals surface area contributed by atoms with Crippen LogP contribution in [0.1, 0.15) is 25.3 Å². The quantitative estimate of drug-likeness (QED) is 0.656. The largest absolute Gasteiger partial charge is 0.480 e. The summed E-state index contributed by atoms with van der Waals surface area (Å²) >= 11 is 0. The molecule has 0 aliphatic carbocycles. The summed E-state index contributed by atoms with van der Waals surface area (Å²) < 4.78 is 0. The molecule has 2 amide bonds. The lowest BCUT2D eigenvalue weighted by Gasteiger charge is -2.35. The van der Waals surface area contributed by atoms with E-state index in [1.54, 1.807) is 19.1 Å². The number of carboxylic acids is 1. The molecule has 2 rings (SSSR count). The van der Waals surface area contributed by atoms with Crippen LogP contribution in [0.3, 0.4) is 0 Å². The van der Waals surface area contributed by atoms with Gasteiger partial charge in [0.2, 0.25) is 0 Å². The number of hydrogen-bond acceptors (Lipinski definition) is 4. The first kappa shape index (κ1) is 16.7. The number of likely N-dealkylation sites (tertiary alicyclic amines) is 1. The number of carbonyl (C=O) groups excluding carboxylic acids is 1. The summed E-state index contributed by atoms with van der Waals surface area (Å²) in [7, 11) is 0. The molecule has 0 radical (unpaired) electrons. The molecule has 1 saturated heterocycles. The maximum atomic E-state index is 12.3. The summed E-state index contributed by atoms with van der Waals surface area (Å²) in [5.41, 5.74) is 0.670. The number of nitro groups is 1. The molecule has 1 aliphatic heterocycles. The number of rotatable bonds is 3. The number of nitrogens with one attached hydrogen (secondary N) is 1. The second-order valence-electron chi connectivity index (χ2n) is 5.87. The second-order valence-corrected chi connectivity index (χ2v) is 5.87. The van der Waals surface area contributed by atoms with E-state index in [0.29, 0.717) is 18.5 Å². The van der Waals surface area contributed by atoms with E-state index in [9.17, 15) is 24.8 Å². The van der Waals surface area contributed by atoms with E-state index >= 15 is 0 Å². The number of aryl methyl sites for hydroxylation is 1. The highest BCUT2D eigenvalue weighted by Gasteiger charge is 2.34. The lowest BCUT2D eigenvalue weighted by molar-refractivity contribution is -0.385. The lowest BCUT2D eigenvalue weighted by atomic mass is 9.93. The standard InChI is InChI=1S/C15H19N3O5/c1-9-5-6-17(13(7-9)14(19)20)15(21)16-11-4-3-10(2)12(8-11)18(22)23/h3-4,8-9,13H,5-7H2,1-2H3,(H,16,21)(H,19,20)/t9-,13-/m0/s1. The van der Waals surface area contributed by atoms with Crippen LogP contribution in [0, 0.1) is 23.0 Å². The van der Waals surface area contributed by atoms with Crippen LogP contribution in [0.15, 0.2) is 18.2 Å². The summed E-state index contributed by atoms with van der Waals surface area (Å²) in [4.78, 5) is 35.4. The Bertz CT molecular complexity index is 646. The molecule has 2 N–H and O–H groups in total. The fourth-order valence-corrected chi connectivity index (χ4v) is 2.70. The minimum absolute atomic E-state index is 0.0927. The predicted molar refractivity (Wildman–Crippen MR) is 83.4 cm³/mol. The van der Waals surface area contributed by atoms with Crippen molar-refractivity contribution in [3.63, 3.8) is 0 Å². The summed E-state index contributed by atoms with van der Waals surface area (Å²) in [6, 6.07) is 2.94. The van der Waals surface area contributed by atoms with Gasteiger partial charge in [-0.05, 0) is 31.7 Å². The smallest absolute Gasteiger partial charge is 0.326 e. The van der Waals surface area contributed by atoms with Gasteiger partial charge >= 0.3 is 12.0 Å². The summed E-state index contributed by atoms with van der Waals surface area (Å²) in [6.45, 7) is 3.91. The number of hydrogen-bond donors (Lipinski definition) is 2. The van der Waals surface area contributed by atoms with E-state index in [4.69, 9.17) is 0 Å². The monoisotopic (exact) mass is 321 g/mol. The van der Waals surface area contributed by atoms with Gasteiger partial charge in [-0.25, -0.2) is 9.59 Å². The molecule has 1 aromatic rings. The Balaban J connectivity index is 2.16. The van der Waals surface area contributed by atoms with Crippen LogP contribution in [-0.4, -0.2) is 39.5 Å².